The number of hydrogen-bond donors (Lipinski definition) is 3. The van der Waals surface area contributed by atoms with Gasteiger partial charge in [0.15, 0.2) is 11.0 Å². The average Bonchev–Trinajstić information content (AvgIpc) is 3.52. The normalized spacial score (nSPS) is 19.7. The first-order valence-electron chi connectivity index (χ1n) is 12.8. The zero-order valence-electron chi connectivity index (χ0n) is 21.4. The van der Waals surface area contributed by atoms with Crippen LogP contribution in [0.4, 0.5) is 10.9 Å². The van der Waals surface area contributed by atoms with Gasteiger partial charge in [0.1, 0.15) is 22.1 Å². The molecule has 5 rings (SSSR count). The van der Waals surface area contributed by atoms with Crippen molar-refractivity contribution in [3.63, 3.8) is 0 Å². The number of H-pyrrole nitrogens is 1. The predicted octanol–water partition coefficient (Wildman–Crippen LogP) is 5.04. The maximum absolute atomic E-state index is 12.9. The summed E-state index contributed by atoms with van der Waals surface area (Å²) >= 11 is 13.5. The molecule has 2 unspecified atom stereocenters. The summed E-state index contributed by atoms with van der Waals surface area (Å²) in [6, 6.07) is 1.67. The zero-order valence-corrected chi connectivity index (χ0v) is 23.7. The summed E-state index contributed by atoms with van der Waals surface area (Å²) in [5.74, 6) is -0.423. The maximum Gasteiger partial charge on any atom is 0.348 e. The number of hydrogen-bond acceptors (Lipinski definition) is 8. The molecule has 206 valence electrons. The number of amides is 1. The number of piperidine rings is 2. The second kappa shape index (κ2) is 11.5. The van der Waals surface area contributed by atoms with Crippen molar-refractivity contribution in [1.29, 1.82) is 0 Å². The van der Waals surface area contributed by atoms with E-state index < -0.39 is 5.97 Å². The fourth-order valence-corrected chi connectivity index (χ4v) is 6.40. The van der Waals surface area contributed by atoms with E-state index >= 15 is 0 Å². The Labute approximate surface area is 240 Å². The molecule has 2 fully saturated rings. The van der Waals surface area contributed by atoms with Gasteiger partial charge in [-0.2, -0.15) is 0 Å². The van der Waals surface area contributed by atoms with E-state index in [-0.39, 0.29) is 39.2 Å². The van der Waals surface area contributed by atoms with Crippen LogP contribution >= 0.6 is 34.5 Å². The molecule has 0 aliphatic carbocycles. The zero-order chi connectivity index (χ0) is 27.7. The van der Waals surface area contributed by atoms with Gasteiger partial charge in [-0.15, -0.1) is 6.58 Å². The number of halogens is 2. The number of carbonyl (C=O) groups is 2. The first kappa shape index (κ1) is 27.4. The van der Waals surface area contributed by atoms with Gasteiger partial charge < -0.3 is 25.2 Å². The van der Waals surface area contributed by atoms with Crippen molar-refractivity contribution in [3.8, 4) is 11.5 Å². The molecule has 3 N–H and O–H groups in total. The molecule has 5 heterocycles. The minimum Gasteiger partial charge on any atom is -0.477 e. The van der Waals surface area contributed by atoms with Crippen LogP contribution in [0.15, 0.2) is 24.9 Å². The number of aromatic nitrogens is 4. The lowest BCUT2D eigenvalue weighted by Crippen LogP contribution is -2.50. The highest BCUT2D eigenvalue weighted by atomic mass is 35.5. The lowest BCUT2D eigenvalue weighted by atomic mass is 9.92. The second-order valence-corrected chi connectivity index (χ2v) is 11.5. The molecule has 0 aromatic carbocycles. The summed E-state index contributed by atoms with van der Waals surface area (Å²) in [7, 11) is 0. The molecule has 2 aliphatic heterocycles. The third-order valence-electron chi connectivity index (χ3n) is 7.17. The van der Waals surface area contributed by atoms with E-state index in [9.17, 15) is 14.7 Å². The number of aromatic amines is 1. The summed E-state index contributed by atoms with van der Waals surface area (Å²) in [6.07, 6.45) is 7.46. The average molecular weight is 591 g/mol. The van der Waals surface area contributed by atoms with Crippen molar-refractivity contribution < 1.29 is 14.7 Å². The Morgan fingerprint density at radius 2 is 1.95 bits per heavy atom. The molecule has 39 heavy (non-hydrogen) atoms. The van der Waals surface area contributed by atoms with Gasteiger partial charge in [0.25, 0.3) is 5.91 Å². The summed E-state index contributed by atoms with van der Waals surface area (Å²) < 4.78 is 0. The molecular weight excluding hydrogens is 561 g/mol. The number of rotatable bonds is 7. The molecule has 2 saturated heterocycles. The first-order chi connectivity index (χ1) is 18.8. The second-order valence-electron chi connectivity index (χ2n) is 9.73. The van der Waals surface area contributed by atoms with Crippen LogP contribution in [0.2, 0.25) is 10.0 Å². The summed E-state index contributed by atoms with van der Waals surface area (Å²) in [4.78, 5) is 46.1. The fourth-order valence-electron chi connectivity index (χ4n) is 5.05. The Hall–Kier alpha value is -3.15. The van der Waals surface area contributed by atoms with Crippen molar-refractivity contribution >= 4 is 57.4 Å². The number of thiazole rings is 1. The molecule has 0 radical (unpaired) electrons. The van der Waals surface area contributed by atoms with E-state index in [4.69, 9.17) is 28.2 Å². The van der Waals surface area contributed by atoms with E-state index in [0.29, 0.717) is 41.2 Å². The Balaban J connectivity index is 1.34. The number of carboxylic acids is 1. The molecule has 3 aromatic heterocycles. The Morgan fingerprint density at radius 1 is 1.18 bits per heavy atom. The van der Waals surface area contributed by atoms with Crippen LogP contribution in [0, 0.1) is 12.8 Å². The van der Waals surface area contributed by atoms with Crippen molar-refractivity contribution in [1.82, 2.24) is 25.3 Å². The third kappa shape index (κ3) is 5.61. The summed E-state index contributed by atoms with van der Waals surface area (Å²) in [6.45, 7) is 8.62. The highest BCUT2D eigenvalue weighted by Crippen LogP contribution is 2.35. The summed E-state index contributed by atoms with van der Waals surface area (Å²) in [5, 5.41) is 14.1. The van der Waals surface area contributed by atoms with Crippen LogP contribution < -0.4 is 15.1 Å². The van der Waals surface area contributed by atoms with Crippen LogP contribution in [0.5, 0.6) is 0 Å². The largest absolute Gasteiger partial charge is 0.477 e. The Morgan fingerprint density at radius 3 is 2.62 bits per heavy atom. The van der Waals surface area contributed by atoms with Gasteiger partial charge in [0, 0.05) is 50.0 Å². The monoisotopic (exact) mass is 589 g/mol. The third-order valence-corrected chi connectivity index (χ3v) is 9.22. The lowest BCUT2D eigenvalue weighted by Gasteiger charge is -2.37. The molecule has 10 nitrogen and oxygen atoms in total. The molecule has 3 aromatic rings. The Bertz CT molecular complexity index is 1400. The minimum atomic E-state index is -1.07. The standard InChI is InChI=1S/C26H29Cl2N7O3S/c1-3-15-13-35(12-8-16(15)31-24(36)20-19(28)18(27)14(2)30-20)26-33-21(22(39-26)25(37)38)23-29-9-7-17(32-23)34-10-5-4-6-11-34/h3,7,9,15-16,30H,1,4-6,8,10-13H2,2H3,(H,31,36)(H,37,38). The van der Waals surface area contributed by atoms with Crippen molar-refractivity contribution in [2.24, 2.45) is 5.92 Å². The maximum atomic E-state index is 12.9. The van der Waals surface area contributed by atoms with Crippen LogP contribution in [0.25, 0.3) is 11.5 Å². The quantitative estimate of drug-likeness (QED) is 0.327. The predicted molar refractivity (Wildman–Crippen MR) is 153 cm³/mol. The van der Waals surface area contributed by atoms with Crippen molar-refractivity contribution in [2.75, 3.05) is 36.0 Å². The fraction of sp³-hybridized carbons (Fsp3) is 0.423. The number of carbonyl (C=O) groups excluding carboxylic acids is 1. The number of anilines is 2. The van der Waals surface area contributed by atoms with Crippen LogP contribution in [-0.4, -0.2) is 69.1 Å². The molecule has 0 saturated carbocycles. The van der Waals surface area contributed by atoms with Gasteiger partial charge in [0.05, 0.1) is 10.0 Å². The number of aromatic carboxylic acids is 1. The van der Waals surface area contributed by atoms with Crippen LogP contribution in [0.3, 0.4) is 0 Å². The van der Waals surface area contributed by atoms with Gasteiger partial charge in [-0.25, -0.2) is 19.7 Å². The first-order valence-corrected chi connectivity index (χ1v) is 14.4. The number of nitrogens with one attached hydrogen (secondary N) is 2. The van der Waals surface area contributed by atoms with Crippen molar-refractivity contribution in [2.45, 2.75) is 38.6 Å². The highest BCUT2D eigenvalue weighted by Gasteiger charge is 2.33. The smallest absolute Gasteiger partial charge is 0.348 e. The van der Waals surface area contributed by atoms with Crippen molar-refractivity contribution in [3.05, 3.63) is 51.2 Å². The van der Waals surface area contributed by atoms with Gasteiger partial charge in [-0.05, 0) is 38.7 Å². The molecule has 2 atom stereocenters. The van der Waals surface area contributed by atoms with E-state index in [1.54, 1.807) is 19.2 Å². The van der Waals surface area contributed by atoms with Gasteiger partial charge >= 0.3 is 5.97 Å². The van der Waals surface area contributed by atoms with Gasteiger partial charge in [-0.3, -0.25) is 4.79 Å². The van der Waals surface area contributed by atoms with E-state index in [1.807, 2.05) is 11.0 Å². The molecule has 0 bridgehead atoms. The molecule has 1 amide bonds. The Kier molecular flexibility index (Phi) is 8.11. The molecular formula is C26H29Cl2N7O3S. The number of aryl methyl sites for hydroxylation is 1. The van der Waals surface area contributed by atoms with Gasteiger partial charge in [0.2, 0.25) is 0 Å². The van der Waals surface area contributed by atoms with Crippen LogP contribution in [-0.2, 0) is 0 Å². The number of nitrogens with zero attached hydrogens (tertiary/aromatic N) is 5. The van der Waals surface area contributed by atoms with Crippen LogP contribution in [0.1, 0.15) is 51.5 Å². The van der Waals surface area contributed by atoms with E-state index in [1.165, 1.54) is 6.42 Å². The van der Waals surface area contributed by atoms with E-state index in [2.05, 4.69) is 31.7 Å². The molecule has 13 heteroatoms. The number of carboxylic acid groups (broad SMARTS) is 1. The van der Waals surface area contributed by atoms with Gasteiger partial charge in [-0.1, -0.05) is 40.6 Å². The topological polar surface area (TPSA) is 127 Å². The lowest BCUT2D eigenvalue weighted by molar-refractivity contribution is 0.0702. The minimum absolute atomic E-state index is 0.0972. The molecule has 2 aliphatic rings. The SMILES string of the molecule is C=CC1CN(c2nc(-c3nccc(N4CCCCC4)n3)c(C(=O)O)s2)CCC1NC(=O)c1[nH]c(C)c(Cl)c1Cl. The summed E-state index contributed by atoms with van der Waals surface area (Å²) in [5.41, 5.74) is 1.12. The highest BCUT2D eigenvalue weighted by molar-refractivity contribution is 7.17. The van der Waals surface area contributed by atoms with E-state index in [0.717, 1.165) is 43.1 Å². The molecule has 0 spiro atoms.